The molecule has 4 N–H and O–H groups in total. The summed E-state index contributed by atoms with van der Waals surface area (Å²) in [6.07, 6.45) is 0. The molecule has 1 aliphatic rings. The maximum absolute atomic E-state index is 11.4. The third kappa shape index (κ3) is 1.20. The topological polar surface area (TPSA) is 105 Å². The largest absolute Gasteiger partial charge is 0.491 e. The quantitative estimate of drug-likeness (QED) is 0.538. The molecular weight excluding hydrogens is 188 g/mol. The predicted octanol–water partition coefficient (Wildman–Crippen LogP) is -1.23. The van der Waals surface area contributed by atoms with Gasteiger partial charge in [-0.05, 0) is 0 Å². The van der Waals surface area contributed by atoms with E-state index in [1.165, 1.54) is 14.2 Å². The van der Waals surface area contributed by atoms with E-state index in [0.29, 0.717) is 0 Å². The number of ketones is 2. The Balaban J connectivity index is 3.28. The fourth-order valence-electron chi connectivity index (χ4n) is 1.10. The fraction of sp³-hybridized carbons (Fsp3) is 0.250. The highest BCUT2D eigenvalue weighted by Crippen LogP contribution is 2.19. The number of hydrogen-bond donors (Lipinski definition) is 2. The summed E-state index contributed by atoms with van der Waals surface area (Å²) < 4.78 is 9.33. The van der Waals surface area contributed by atoms with Gasteiger partial charge in [0.05, 0.1) is 14.2 Å². The van der Waals surface area contributed by atoms with Gasteiger partial charge in [-0.2, -0.15) is 0 Å². The van der Waals surface area contributed by atoms with E-state index in [1.54, 1.807) is 0 Å². The maximum atomic E-state index is 11.4. The van der Waals surface area contributed by atoms with Crippen LogP contribution in [-0.2, 0) is 19.1 Å². The van der Waals surface area contributed by atoms with Gasteiger partial charge < -0.3 is 20.9 Å². The summed E-state index contributed by atoms with van der Waals surface area (Å²) >= 11 is 0. The normalized spacial score (nSPS) is 17.6. The first-order chi connectivity index (χ1) is 6.54. The van der Waals surface area contributed by atoms with Gasteiger partial charge in [0.2, 0.25) is 11.6 Å². The molecule has 0 aromatic rings. The molecule has 0 fully saturated rings. The van der Waals surface area contributed by atoms with E-state index in [1.807, 2.05) is 0 Å². The zero-order valence-electron chi connectivity index (χ0n) is 7.79. The molecular formula is C8H10N2O4. The fourth-order valence-corrected chi connectivity index (χ4v) is 1.10. The van der Waals surface area contributed by atoms with Crippen molar-refractivity contribution in [1.82, 2.24) is 0 Å². The predicted molar refractivity (Wildman–Crippen MR) is 46.5 cm³/mol. The molecule has 76 valence electrons. The highest BCUT2D eigenvalue weighted by Gasteiger charge is 2.33. The Hall–Kier alpha value is -1.98. The van der Waals surface area contributed by atoms with Gasteiger partial charge in [-0.15, -0.1) is 0 Å². The summed E-state index contributed by atoms with van der Waals surface area (Å²) in [4.78, 5) is 22.8. The number of rotatable bonds is 2. The molecule has 0 spiro atoms. The van der Waals surface area contributed by atoms with Crippen molar-refractivity contribution in [1.29, 1.82) is 0 Å². The monoisotopic (exact) mass is 198 g/mol. The van der Waals surface area contributed by atoms with E-state index in [0.717, 1.165) is 0 Å². The van der Waals surface area contributed by atoms with Crippen LogP contribution in [0.1, 0.15) is 0 Å². The Morgan fingerprint density at radius 3 is 1.36 bits per heavy atom. The van der Waals surface area contributed by atoms with Crippen molar-refractivity contribution < 1.29 is 19.1 Å². The van der Waals surface area contributed by atoms with Crippen LogP contribution in [0, 0.1) is 0 Å². The van der Waals surface area contributed by atoms with Crippen molar-refractivity contribution in [2.75, 3.05) is 14.2 Å². The molecule has 0 aliphatic heterocycles. The summed E-state index contributed by atoms with van der Waals surface area (Å²) in [6.45, 7) is 0. The second-order valence-corrected chi connectivity index (χ2v) is 2.55. The maximum Gasteiger partial charge on any atom is 0.249 e. The van der Waals surface area contributed by atoms with Gasteiger partial charge in [0, 0.05) is 0 Å². The average molecular weight is 198 g/mol. The minimum atomic E-state index is -0.638. The van der Waals surface area contributed by atoms with Crippen molar-refractivity contribution >= 4 is 11.6 Å². The SMILES string of the molecule is COC1=C(N)C(=O)C(OC)=C(N)C1=O. The lowest BCUT2D eigenvalue weighted by molar-refractivity contribution is -0.120. The molecule has 14 heavy (non-hydrogen) atoms. The van der Waals surface area contributed by atoms with Gasteiger partial charge in [0.1, 0.15) is 11.4 Å². The number of Topliss-reactive ketones (excluding diaryl/α,β-unsaturated/α-hetero) is 2. The van der Waals surface area contributed by atoms with Crippen LogP contribution in [-0.4, -0.2) is 25.8 Å². The molecule has 6 heteroatoms. The van der Waals surface area contributed by atoms with E-state index in [-0.39, 0.29) is 22.9 Å². The van der Waals surface area contributed by atoms with Gasteiger partial charge in [0.15, 0.2) is 11.5 Å². The Kier molecular flexibility index (Phi) is 2.46. The Bertz CT molecular complexity index is 332. The van der Waals surface area contributed by atoms with E-state index in [2.05, 4.69) is 9.47 Å². The van der Waals surface area contributed by atoms with Gasteiger partial charge in [-0.1, -0.05) is 0 Å². The lowest BCUT2D eigenvalue weighted by atomic mass is 10.0. The van der Waals surface area contributed by atoms with Crippen LogP contribution in [0.4, 0.5) is 0 Å². The van der Waals surface area contributed by atoms with Gasteiger partial charge in [-0.3, -0.25) is 9.59 Å². The molecule has 0 unspecified atom stereocenters. The average Bonchev–Trinajstić information content (AvgIpc) is 2.17. The van der Waals surface area contributed by atoms with Gasteiger partial charge in [-0.25, -0.2) is 0 Å². The molecule has 0 atom stereocenters. The van der Waals surface area contributed by atoms with Crippen LogP contribution >= 0.6 is 0 Å². The number of nitrogens with two attached hydrogens (primary N) is 2. The number of hydrogen-bond acceptors (Lipinski definition) is 6. The lowest BCUT2D eigenvalue weighted by Crippen LogP contribution is -2.32. The molecule has 0 saturated heterocycles. The zero-order chi connectivity index (χ0) is 10.9. The lowest BCUT2D eigenvalue weighted by Gasteiger charge is -2.17. The Morgan fingerprint density at radius 1 is 0.857 bits per heavy atom. The summed E-state index contributed by atoms with van der Waals surface area (Å²) in [5, 5.41) is 0. The smallest absolute Gasteiger partial charge is 0.249 e. The second kappa shape index (κ2) is 3.41. The second-order valence-electron chi connectivity index (χ2n) is 2.55. The summed E-state index contributed by atoms with van der Waals surface area (Å²) in [7, 11) is 2.47. The van der Waals surface area contributed by atoms with Gasteiger partial charge in [0.25, 0.3) is 0 Å². The molecule has 0 aromatic heterocycles. The number of ether oxygens (including phenoxy) is 2. The summed E-state index contributed by atoms with van der Waals surface area (Å²) in [5.74, 6) is -1.76. The molecule has 0 heterocycles. The molecule has 1 aliphatic carbocycles. The van der Waals surface area contributed by atoms with Gasteiger partial charge >= 0.3 is 0 Å². The van der Waals surface area contributed by atoms with E-state index in [9.17, 15) is 9.59 Å². The number of carbonyl (C=O) groups is 2. The van der Waals surface area contributed by atoms with E-state index in [4.69, 9.17) is 11.5 Å². The zero-order valence-corrected chi connectivity index (χ0v) is 7.79. The Labute approximate surface area is 80.1 Å². The van der Waals surface area contributed by atoms with Crippen molar-refractivity contribution in [3.05, 3.63) is 22.9 Å². The molecule has 0 bridgehead atoms. The van der Waals surface area contributed by atoms with E-state index < -0.39 is 11.6 Å². The van der Waals surface area contributed by atoms with Crippen LogP contribution in [0.5, 0.6) is 0 Å². The third-order valence-electron chi connectivity index (χ3n) is 1.80. The van der Waals surface area contributed by atoms with Crippen molar-refractivity contribution in [2.45, 2.75) is 0 Å². The minimum absolute atomic E-state index is 0.242. The number of methoxy groups -OCH3 is 2. The first-order valence-corrected chi connectivity index (χ1v) is 3.71. The van der Waals surface area contributed by atoms with Crippen molar-refractivity contribution in [2.24, 2.45) is 11.5 Å². The van der Waals surface area contributed by atoms with E-state index >= 15 is 0 Å². The van der Waals surface area contributed by atoms with Crippen molar-refractivity contribution in [3.63, 3.8) is 0 Å². The summed E-state index contributed by atoms with van der Waals surface area (Å²) in [5.41, 5.74) is 10.2. The van der Waals surface area contributed by atoms with Crippen LogP contribution < -0.4 is 11.5 Å². The highest BCUT2D eigenvalue weighted by atomic mass is 16.5. The van der Waals surface area contributed by atoms with Crippen LogP contribution in [0.3, 0.4) is 0 Å². The highest BCUT2D eigenvalue weighted by molar-refractivity contribution is 6.22. The Morgan fingerprint density at radius 2 is 1.14 bits per heavy atom. The minimum Gasteiger partial charge on any atom is -0.491 e. The van der Waals surface area contributed by atoms with Crippen LogP contribution in [0.25, 0.3) is 0 Å². The molecule has 0 saturated carbocycles. The summed E-state index contributed by atoms with van der Waals surface area (Å²) in [6, 6.07) is 0. The van der Waals surface area contributed by atoms with Crippen molar-refractivity contribution in [3.8, 4) is 0 Å². The molecule has 0 radical (unpaired) electrons. The third-order valence-corrected chi connectivity index (χ3v) is 1.80. The molecule has 6 nitrogen and oxygen atoms in total. The first-order valence-electron chi connectivity index (χ1n) is 3.71. The standard InChI is InChI=1S/C8H10N2O4/c1-13-7-3(9)6(12)8(14-2)4(10)5(7)11/h9-10H2,1-2H3. The van der Waals surface area contributed by atoms with Crippen LogP contribution in [0.15, 0.2) is 22.9 Å². The first kappa shape index (κ1) is 10.1. The molecule has 0 amide bonds. The van der Waals surface area contributed by atoms with Crippen LogP contribution in [0.2, 0.25) is 0 Å². The number of carbonyl (C=O) groups excluding carboxylic acids is 2. The molecule has 0 aromatic carbocycles. The molecule has 1 rings (SSSR count).